The number of piperidine rings is 1. The Balaban J connectivity index is 1.97. The second-order valence-electron chi connectivity index (χ2n) is 8.79. The zero-order valence-corrected chi connectivity index (χ0v) is 17.2. The molecule has 1 aliphatic rings. The topological polar surface area (TPSA) is 9.23 Å². The quantitative estimate of drug-likeness (QED) is 0.620. The summed E-state index contributed by atoms with van der Waals surface area (Å²) in [6.45, 7) is 11.5. The van der Waals surface area contributed by atoms with Crippen LogP contribution in [0.5, 0.6) is 0 Å². The van der Waals surface area contributed by atoms with Crippen LogP contribution in [0.15, 0.2) is 30.3 Å². The van der Waals surface area contributed by atoms with Crippen molar-refractivity contribution in [3.63, 3.8) is 0 Å². The molecule has 1 unspecified atom stereocenters. The van der Waals surface area contributed by atoms with Crippen LogP contribution in [-0.2, 0) is 11.2 Å². The van der Waals surface area contributed by atoms with Gasteiger partial charge in [0.1, 0.15) is 6.54 Å². The monoisotopic (exact) mass is 348 g/mol. The minimum absolute atomic E-state index is 0.366. The lowest BCUT2D eigenvalue weighted by atomic mass is 9.87. The van der Waals surface area contributed by atoms with E-state index in [1.54, 1.807) is 0 Å². The zero-order valence-electron chi connectivity index (χ0n) is 17.2. The molecule has 1 heterocycles. The fraction of sp³-hybridized carbons (Fsp3) is 0.727. The minimum atomic E-state index is 0.366. The van der Waals surface area contributed by atoms with E-state index in [0.717, 1.165) is 28.5 Å². The first-order chi connectivity index (χ1) is 11.9. The molecule has 25 heavy (non-hydrogen) atoms. The molecule has 1 aromatic rings. The average molecular weight is 349 g/mol. The third kappa shape index (κ3) is 6.40. The average Bonchev–Trinajstić information content (AvgIpc) is 2.61. The van der Waals surface area contributed by atoms with Gasteiger partial charge in [-0.15, -0.1) is 0 Å². The molecule has 0 amide bonds. The fourth-order valence-electron chi connectivity index (χ4n) is 3.83. The van der Waals surface area contributed by atoms with Crippen LogP contribution >= 0.6 is 0 Å². The van der Waals surface area contributed by atoms with Crippen molar-refractivity contribution in [2.45, 2.75) is 39.2 Å². The second kappa shape index (κ2) is 9.16. The molecule has 1 aliphatic heterocycles. The van der Waals surface area contributed by atoms with Gasteiger partial charge < -0.3 is 13.7 Å². The van der Waals surface area contributed by atoms with Gasteiger partial charge in [0.05, 0.1) is 60.0 Å². The van der Waals surface area contributed by atoms with Crippen LogP contribution in [0.4, 0.5) is 0 Å². The van der Waals surface area contributed by atoms with Gasteiger partial charge in [0, 0.05) is 12.8 Å². The van der Waals surface area contributed by atoms with Gasteiger partial charge in [-0.2, -0.15) is 0 Å². The van der Waals surface area contributed by atoms with E-state index >= 15 is 0 Å². The van der Waals surface area contributed by atoms with Gasteiger partial charge in [0.25, 0.3) is 0 Å². The predicted molar refractivity (Wildman–Crippen MR) is 107 cm³/mol. The third-order valence-corrected chi connectivity index (χ3v) is 6.51. The van der Waals surface area contributed by atoms with E-state index in [-0.39, 0.29) is 0 Å². The highest BCUT2D eigenvalue weighted by Gasteiger charge is 2.32. The Kier molecular flexibility index (Phi) is 7.48. The SMILES string of the molecule is CC[N+](C)(CC)CCOC(Cc1ccccc1)C1CC[N+](C)(C)CC1. The van der Waals surface area contributed by atoms with E-state index in [0.29, 0.717) is 12.0 Å². The minimum Gasteiger partial charge on any atom is -0.372 e. The maximum Gasteiger partial charge on any atom is 0.102 e. The standard InChI is InChI=1S/C22H40N2O/c1-6-24(5,7-2)17-18-25-22(19-20-11-9-8-10-12-20)21-13-15-23(3,4)16-14-21/h8-12,21-22H,6-7,13-19H2,1-5H3/q+2. The van der Waals surface area contributed by atoms with Gasteiger partial charge in [-0.3, -0.25) is 0 Å². The van der Waals surface area contributed by atoms with Crippen LogP contribution in [0.2, 0.25) is 0 Å². The van der Waals surface area contributed by atoms with Crippen molar-refractivity contribution in [3.05, 3.63) is 35.9 Å². The molecular formula is C22H40N2O+2. The molecule has 142 valence electrons. The number of hydrogen-bond donors (Lipinski definition) is 0. The summed E-state index contributed by atoms with van der Waals surface area (Å²) < 4.78 is 8.80. The second-order valence-corrected chi connectivity index (χ2v) is 8.79. The Labute approximate surface area is 155 Å². The van der Waals surface area contributed by atoms with Crippen molar-refractivity contribution in [3.8, 4) is 0 Å². The molecule has 1 saturated heterocycles. The van der Waals surface area contributed by atoms with Crippen LogP contribution in [0, 0.1) is 5.92 Å². The van der Waals surface area contributed by atoms with Crippen molar-refractivity contribution in [2.24, 2.45) is 5.92 Å². The Morgan fingerprint density at radius 1 is 1.08 bits per heavy atom. The molecule has 0 bridgehead atoms. The van der Waals surface area contributed by atoms with Gasteiger partial charge in [0.15, 0.2) is 0 Å². The van der Waals surface area contributed by atoms with E-state index in [9.17, 15) is 0 Å². The number of hydrogen-bond acceptors (Lipinski definition) is 1. The molecule has 1 atom stereocenters. The molecule has 3 heteroatoms. The van der Waals surface area contributed by atoms with E-state index in [4.69, 9.17) is 4.74 Å². The fourth-order valence-corrected chi connectivity index (χ4v) is 3.83. The van der Waals surface area contributed by atoms with E-state index in [2.05, 4.69) is 65.3 Å². The normalized spacial score (nSPS) is 19.7. The first-order valence-electron chi connectivity index (χ1n) is 10.2. The molecule has 0 radical (unpaired) electrons. The van der Waals surface area contributed by atoms with Gasteiger partial charge in [-0.05, 0) is 31.7 Å². The Morgan fingerprint density at radius 2 is 1.68 bits per heavy atom. The lowest BCUT2D eigenvalue weighted by Gasteiger charge is -2.40. The molecule has 3 nitrogen and oxygen atoms in total. The lowest BCUT2D eigenvalue weighted by molar-refractivity contribution is -0.906. The molecule has 1 fully saturated rings. The number of nitrogens with zero attached hydrogens (tertiary/aromatic N) is 2. The molecule has 1 aromatic carbocycles. The maximum absolute atomic E-state index is 6.53. The first-order valence-corrected chi connectivity index (χ1v) is 10.2. The number of benzene rings is 1. The van der Waals surface area contributed by atoms with Crippen molar-refractivity contribution < 1.29 is 13.7 Å². The molecule has 2 rings (SSSR count). The summed E-state index contributed by atoms with van der Waals surface area (Å²) in [6.07, 6.45) is 4.00. The summed E-state index contributed by atoms with van der Waals surface area (Å²) in [4.78, 5) is 0. The van der Waals surface area contributed by atoms with Gasteiger partial charge in [-0.25, -0.2) is 0 Å². The van der Waals surface area contributed by atoms with Gasteiger partial charge in [-0.1, -0.05) is 30.3 Å². The summed E-state index contributed by atoms with van der Waals surface area (Å²) in [5, 5.41) is 0. The van der Waals surface area contributed by atoms with Crippen LogP contribution in [0.1, 0.15) is 32.3 Å². The molecule has 0 aliphatic carbocycles. The summed E-state index contributed by atoms with van der Waals surface area (Å²) in [7, 11) is 7.06. The molecule has 0 N–H and O–H groups in total. The highest BCUT2D eigenvalue weighted by atomic mass is 16.5. The van der Waals surface area contributed by atoms with Crippen molar-refractivity contribution >= 4 is 0 Å². The number of likely N-dealkylation sites (tertiary alicyclic amines) is 1. The van der Waals surface area contributed by atoms with E-state index in [1.165, 1.54) is 44.6 Å². The number of likely N-dealkylation sites (N-methyl/N-ethyl adjacent to an activating group) is 1. The van der Waals surface area contributed by atoms with Crippen LogP contribution in [0.25, 0.3) is 0 Å². The lowest BCUT2D eigenvalue weighted by Crippen LogP contribution is -2.49. The molecule has 0 spiro atoms. The number of ether oxygens (including phenoxy) is 1. The summed E-state index contributed by atoms with van der Waals surface area (Å²) >= 11 is 0. The van der Waals surface area contributed by atoms with Gasteiger partial charge in [0.2, 0.25) is 0 Å². The van der Waals surface area contributed by atoms with E-state index in [1.807, 2.05) is 0 Å². The maximum atomic E-state index is 6.53. The zero-order chi connectivity index (χ0) is 18.3. The van der Waals surface area contributed by atoms with Crippen molar-refractivity contribution in [1.82, 2.24) is 0 Å². The highest BCUT2D eigenvalue weighted by Crippen LogP contribution is 2.27. The van der Waals surface area contributed by atoms with E-state index < -0.39 is 0 Å². The Morgan fingerprint density at radius 3 is 2.24 bits per heavy atom. The van der Waals surface area contributed by atoms with Crippen LogP contribution < -0.4 is 0 Å². The first kappa shape index (κ1) is 20.4. The predicted octanol–water partition coefficient (Wildman–Crippen LogP) is 3.59. The molecular weight excluding hydrogens is 308 g/mol. The smallest absolute Gasteiger partial charge is 0.102 e. The third-order valence-electron chi connectivity index (χ3n) is 6.51. The largest absolute Gasteiger partial charge is 0.372 e. The van der Waals surface area contributed by atoms with Gasteiger partial charge >= 0.3 is 0 Å². The summed E-state index contributed by atoms with van der Waals surface area (Å²) in [6, 6.07) is 10.9. The summed E-state index contributed by atoms with van der Waals surface area (Å²) in [5.74, 6) is 0.702. The van der Waals surface area contributed by atoms with Crippen LogP contribution in [-0.4, -0.2) is 75.5 Å². The molecule has 0 aromatic heterocycles. The number of rotatable bonds is 9. The molecule has 0 saturated carbocycles. The Hall–Kier alpha value is -0.900. The Bertz CT molecular complexity index is 486. The van der Waals surface area contributed by atoms with Crippen molar-refractivity contribution in [1.29, 1.82) is 0 Å². The number of quaternary nitrogens is 2. The summed E-state index contributed by atoms with van der Waals surface area (Å²) in [5.41, 5.74) is 1.41. The van der Waals surface area contributed by atoms with Crippen molar-refractivity contribution in [2.75, 3.05) is 60.5 Å². The highest BCUT2D eigenvalue weighted by molar-refractivity contribution is 5.15. The van der Waals surface area contributed by atoms with Crippen LogP contribution in [0.3, 0.4) is 0 Å².